The first-order chi connectivity index (χ1) is 14.6. The van der Waals surface area contributed by atoms with Crippen LogP contribution in [0.1, 0.15) is 116 Å². The lowest BCUT2D eigenvalue weighted by Gasteiger charge is -2.04. The quantitative estimate of drug-likeness (QED) is 0.131. The second-order valence-corrected chi connectivity index (χ2v) is 8.16. The summed E-state index contributed by atoms with van der Waals surface area (Å²) in [5.74, 6) is -0.536. The van der Waals surface area contributed by atoms with Crippen molar-refractivity contribution >= 4 is 11.9 Å². The number of esters is 2. The van der Waals surface area contributed by atoms with Crippen LogP contribution in [0.5, 0.6) is 0 Å². The number of hydrogen-bond acceptors (Lipinski definition) is 4. The van der Waals surface area contributed by atoms with Gasteiger partial charge in [-0.3, -0.25) is 0 Å². The van der Waals surface area contributed by atoms with Gasteiger partial charge in [0.05, 0.1) is 13.2 Å². The molecule has 4 nitrogen and oxygen atoms in total. The Hall–Kier alpha value is -1.58. The van der Waals surface area contributed by atoms with Gasteiger partial charge in [0.2, 0.25) is 0 Å². The van der Waals surface area contributed by atoms with Gasteiger partial charge in [-0.2, -0.15) is 0 Å². The molecule has 4 heteroatoms. The Morgan fingerprint density at radius 1 is 0.867 bits per heavy atom. The smallest absolute Gasteiger partial charge is 0.333 e. The molecule has 174 valence electrons. The van der Waals surface area contributed by atoms with Crippen molar-refractivity contribution in [3.63, 3.8) is 0 Å². The van der Waals surface area contributed by atoms with E-state index in [2.05, 4.69) is 24.8 Å². The van der Waals surface area contributed by atoms with E-state index in [9.17, 15) is 9.59 Å². The standard InChI is InChI=1S/C21H40O2.C5H6O2/c1-3-5-6-7-8-9-10-11-12-13-14-15-16-17-18-19-20-23-21(22)4-2;1-4-2-3-7-5(4)6/h4H,2-3,5-20H2,1H3;1-3H2. The molecule has 1 saturated heterocycles. The summed E-state index contributed by atoms with van der Waals surface area (Å²) >= 11 is 0. The number of hydrogen-bond donors (Lipinski definition) is 0. The Labute approximate surface area is 185 Å². The maximum atomic E-state index is 10.8. The molecule has 0 bridgehead atoms. The molecule has 30 heavy (non-hydrogen) atoms. The van der Waals surface area contributed by atoms with Crippen molar-refractivity contribution in [2.24, 2.45) is 0 Å². The zero-order chi connectivity index (χ0) is 22.3. The molecule has 1 aliphatic rings. The molecular weight excluding hydrogens is 376 g/mol. The van der Waals surface area contributed by atoms with Gasteiger partial charge in [0.1, 0.15) is 0 Å². The number of unbranched alkanes of at least 4 members (excludes halogenated alkanes) is 15. The van der Waals surface area contributed by atoms with Crippen LogP contribution >= 0.6 is 0 Å². The van der Waals surface area contributed by atoms with Crippen molar-refractivity contribution in [1.82, 2.24) is 0 Å². The molecule has 0 amide bonds. The lowest BCUT2D eigenvalue weighted by atomic mass is 10.0. The van der Waals surface area contributed by atoms with Gasteiger partial charge in [-0.05, 0) is 6.42 Å². The average molecular weight is 423 g/mol. The normalized spacial score (nSPS) is 12.8. The molecule has 0 aromatic rings. The van der Waals surface area contributed by atoms with Crippen LogP contribution in [-0.2, 0) is 19.1 Å². The van der Waals surface area contributed by atoms with Crippen LogP contribution in [0.15, 0.2) is 24.8 Å². The van der Waals surface area contributed by atoms with Crippen LogP contribution in [0.2, 0.25) is 0 Å². The highest BCUT2D eigenvalue weighted by atomic mass is 16.5. The minimum absolute atomic E-state index is 0.236. The summed E-state index contributed by atoms with van der Waals surface area (Å²) in [4.78, 5) is 21.1. The maximum Gasteiger partial charge on any atom is 0.333 e. The highest BCUT2D eigenvalue weighted by Gasteiger charge is 2.14. The monoisotopic (exact) mass is 422 g/mol. The van der Waals surface area contributed by atoms with Gasteiger partial charge >= 0.3 is 11.9 Å². The van der Waals surface area contributed by atoms with Crippen LogP contribution < -0.4 is 0 Å². The highest BCUT2D eigenvalue weighted by Crippen LogP contribution is 2.13. The zero-order valence-corrected chi connectivity index (χ0v) is 19.6. The van der Waals surface area contributed by atoms with E-state index >= 15 is 0 Å². The second kappa shape index (κ2) is 22.1. The summed E-state index contributed by atoms with van der Waals surface area (Å²) in [5, 5.41) is 0. The van der Waals surface area contributed by atoms with Gasteiger partial charge in [0, 0.05) is 18.1 Å². The molecular formula is C26H46O4. The molecule has 0 atom stereocenters. The number of rotatable bonds is 18. The summed E-state index contributed by atoms with van der Waals surface area (Å²) < 4.78 is 9.48. The third-order valence-electron chi connectivity index (χ3n) is 5.33. The Balaban J connectivity index is 0.000001000. The fourth-order valence-electron chi connectivity index (χ4n) is 3.35. The average Bonchev–Trinajstić information content (AvgIpc) is 3.13. The number of carbonyl (C=O) groups excluding carboxylic acids is 2. The molecule has 1 rings (SSSR count). The first-order valence-electron chi connectivity index (χ1n) is 12.3. The molecule has 0 aliphatic carbocycles. The Bertz CT molecular complexity index is 442. The van der Waals surface area contributed by atoms with E-state index in [1.54, 1.807) is 0 Å². The number of ether oxygens (including phenoxy) is 2. The Morgan fingerprint density at radius 3 is 1.60 bits per heavy atom. The molecule has 0 radical (unpaired) electrons. The number of carbonyl (C=O) groups is 2. The van der Waals surface area contributed by atoms with E-state index < -0.39 is 0 Å². The van der Waals surface area contributed by atoms with Crippen LogP contribution in [0, 0.1) is 0 Å². The Kier molecular flexibility index (Phi) is 20.9. The maximum absolute atomic E-state index is 10.8. The molecule has 1 heterocycles. The van der Waals surface area contributed by atoms with Gasteiger partial charge in [-0.1, -0.05) is 116 Å². The first kappa shape index (κ1) is 28.4. The molecule has 0 unspecified atom stereocenters. The molecule has 0 aromatic carbocycles. The van der Waals surface area contributed by atoms with E-state index in [0.717, 1.165) is 6.42 Å². The molecule has 0 aromatic heterocycles. The van der Waals surface area contributed by atoms with Crippen molar-refractivity contribution in [2.45, 2.75) is 116 Å². The molecule has 1 aliphatic heterocycles. The largest absolute Gasteiger partial charge is 0.463 e. The second-order valence-electron chi connectivity index (χ2n) is 8.16. The van der Waals surface area contributed by atoms with Gasteiger partial charge in [0.25, 0.3) is 0 Å². The summed E-state index contributed by atoms with van der Waals surface area (Å²) in [5.41, 5.74) is 0.597. The summed E-state index contributed by atoms with van der Waals surface area (Å²) in [6.45, 7) is 10.2. The lowest BCUT2D eigenvalue weighted by Crippen LogP contribution is -2.01. The van der Waals surface area contributed by atoms with E-state index in [1.165, 1.54) is 102 Å². The molecule has 0 spiro atoms. The number of cyclic esters (lactones) is 1. The van der Waals surface area contributed by atoms with Crippen molar-refractivity contribution < 1.29 is 19.1 Å². The van der Waals surface area contributed by atoms with E-state index in [-0.39, 0.29) is 11.9 Å². The van der Waals surface area contributed by atoms with E-state index in [0.29, 0.717) is 25.2 Å². The third-order valence-corrected chi connectivity index (χ3v) is 5.33. The Morgan fingerprint density at radius 2 is 1.30 bits per heavy atom. The van der Waals surface area contributed by atoms with Crippen molar-refractivity contribution in [3.8, 4) is 0 Å². The predicted octanol–water partition coefficient (Wildman–Crippen LogP) is 7.47. The SMILES string of the molecule is C=C1CCOC1=O.C=CC(=O)OCCCCCCCCCCCCCCCCCC. The van der Waals surface area contributed by atoms with Crippen molar-refractivity contribution in [2.75, 3.05) is 13.2 Å². The fourth-order valence-corrected chi connectivity index (χ4v) is 3.35. The van der Waals surface area contributed by atoms with E-state index in [4.69, 9.17) is 4.74 Å². The van der Waals surface area contributed by atoms with Crippen molar-refractivity contribution in [3.05, 3.63) is 24.8 Å². The summed E-state index contributed by atoms with van der Waals surface area (Å²) in [6, 6.07) is 0. The van der Waals surface area contributed by atoms with Gasteiger partial charge < -0.3 is 9.47 Å². The lowest BCUT2D eigenvalue weighted by molar-refractivity contribution is -0.138. The highest BCUT2D eigenvalue weighted by molar-refractivity contribution is 5.89. The fraction of sp³-hybridized carbons (Fsp3) is 0.769. The van der Waals surface area contributed by atoms with E-state index in [1.807, 2.05) is 0 Å². The first-order valence-corrected chi connectivity index (χ1v) is 12.3. The van der Waals surface area contributed by atoms with Gasteiger partial charge in [-0.25, -0.2) is 9.59 Å². The molecule has 1 fully saturated rings. The van der Waals surface area contributed by atoms with Crippen LogP contribution in [0.3, 0.4) is 0 Å². The minimum atomic E-state index is -0.300. The van der Waals surface area contributed by atoms with Gasteiger partial charge in [0.15, 0.2) is 0 Å². The minimum Gasteiger partial charge on any atom is -0.463 e. The van der Waals surface area contributed by atoms with Crippen LogP contribution in [-0.4, -0.2) is 25.2 Å². The summed E-state index contributed by atoms with van der Waals surface area (Å²) in [6.07, 6.45) is 23.7. The van der Waals surface area contributed by atoms with Crippen LogP contribution in [0.25, 0.3) is 0 Å². The molecule has 0 N–H and O–H groups in total. The molecule has 0 saturated carbocycles. The zero-order valence-electron chi connectivity index (χ0n) is 19.6. The van der Waals surface area contributed by atoms with Crippen molar-refractivity contribution in [1.29, 1.82) is 0 Å². The van der Waals surface area contributed by atoms with Gasteiger partial charge in [-0.15, -0.1) is 0 Å². The predicted molar refractivity (Wildman–Crippen MR) is 125 cm³/mol. The van der Waals surface area contributed by atoms with Crippen LogP contribution in [0.4, 0.5) is 0 Å². The third kappa shape index (κ3) is 19.7. The topological polar surface area (TPSA) is 52.6 Å². The summed E-state index contributed by atoms with van der Waals surface area (Å²) in [7, 11) is 0.